The summed E-state index contributed by atoms with van der Waals surface area (Å²) in [6.07, 6.45) is 1.48. The topological polar surface area (TPSA) is 178 Å². The summed E-state index contributed by atoms with van der Waals surface area (Å²) >= 11 is 0. The van der Waals surface area contributed by atoms with Crippen molar-refractivity contribution >= 4 is 50.2 Å². The molecule has 0 unspecified atom stereocenters. The van der Waals surface area contributed by atoms with E-state index in [4.69, 9.17) is 44.2 Å². The average molecular weight is 1130 g/mol. The van der Waals surface area contributed by atoms with Crippen LogP contribution in [0, 0.1) is 69.2 Å². The lowest BCUT2D eigenvalue weighted by Gasteiger charge is -2.31. The van der Waals surface area contributed by atoms with E-state index in [9.17, 15) is 27.6 Å². The van der Waals surface area contributed by atoms with Crippen LogP contribution >= 0.6 is 0 Å². The van der Waals surface area contributed by atoms with Gasteiger partial charge in [-0.3, -0.25) is 14.4 Å². The Balaban J connectivity index is 0.708. The van der Waals surface area contributed by atoms with Crippen LogP contribution in [0.3, 0.4) is 0 Å². The third-order valence-electron chi connectivity index (χ3n) is 14.8. The molecular weight excluding hydrogens is 1070 g/mol. The monoisotopic (exact) mass is 1130 g/mol. The van der Waals surface area contributed by atoms with E-state index in [0.29, 0.717) is 53.2 Å². The second-order valence-corrected chi connectivity index (χ2v) is 20.5. The highest BCUT2D eigenvalue weighted by atomic mass is 19.1. The summed E-state index contributed by atoms with van der Waals surface area (Å²) in [5, 5.41) is 32.7. The molecular formula is C69H54F3N3O9. The molecule has 1 fully saturated rings. The molecule has 0 amide bonds. The molecule has 0 heterocycles. The molecule has 1 aliphatic carbocycles. The fourth-order valence-electron chi connectivity index (χ4n) is 10.4. The van der Waals surface area contributed by atoms with Crippen LogP contribution in [0.1, 0.15) is 55.2 Å². The number of carbonyl (C=O) groups is 3. The Morgan fingerprint density at radius 1 is 0.345 bits per heavy atom. The molecule has 420 valence electrons. The fraction of sp³-hybridized carbons (Fsp3) is 0.217. The second kappa shape index (κ2) is 26.6. The second-order valence-electron chi connectivity index (χ2n) is 20.5. The Bertz CT molecular complexity index is 3670. The van der Waals surface area contributed by atoms with Crippen LogP contribution in [0.4, 0.5) is 13.2 Å². The number of esters is 3. The maximum absolute atomic E-state index is 14.3. The normalized spacial score (nSPS) is 14.6. The number of carbonyl (C=O) groups excluding carboxylic acids is 3. The van der Waals surface area contributed by atoms with Gasteiger partial charge in [-0.15, -0.1) is 0 Å². The van der Waals surface area contributed by atoms with Gasteiger partial charge in [-0.2, -0.15) is 15.8 Å². The lowest BCUT2D eigenvalue weighted by molar-refractivity contribution is -0.161. The predicted molar refractivity (Wildman–Crippen MR) is 310 cm³/mol. The van der Waals surface area contributed by atoms with E-state index < -0.39 is 53.1 Å². The van der Waals surface area contributed by atoms with Crippen LogP contribution < -0.4 is 14.2 Å². The van der Waals surface area contributed by atoms with Crippen molar-refractivity contribution < 1.29 is 56.0 Å². The molecule has 0 aromatic heterocycles. The summed E-state index contributed by atoms with van der Waals surface area (Å²) in [6.45, 7) is 0.819. The van der Waals surface area contributed by atoms with E-state index in [0.717, 1.165) is 49.0 Å². The summed E-state index contributed by atoms with van der Waals surface area (Å²) < 4.78 is 78.1. The third-order valence-corrected chi connectivity index (χ3v) is 14.8. The zero-order valence-electron chi connectivity index (χ0n) is 45.5. The molecule has 9 aromatic rings. The number of halogens is 3. The Morgan fingerprint density at radius 3 is 0.869 bits per heavy atom. The summed E-state index contributed by atoms with van der Waals surface area (Å²) in [6, 6.07) is 52.9. The SMILES string of the molecule is N#Cc1ccc(-c2ccc3cc(OCCCOC(=O)C4CC(C(=O)OCCCOc5ccc6cc(-c7ccc(C#N)c(F)c7)ccc6c5)CC(C(=O)OCCCOc5ccc6cc(-c7ccc(C#N)c(F)c7)ccc6c5)C4)ccc3c2)cc1F. The number of rotatable bonds is 21. The van der Waals surface area contributed by atoms with Gasteiger partial charge >= 0.3 is 17.9 Å². The summed E-state index contributed by atoms with van der Waals surface area (Å²) in [5.74, 6) is -3.89. The first-order valence-corrected chi connectivity index (χ1v) is 27.5. The van der Waals surface area contributed by atoms with Crippen molar-refractivity contribution in [2.24, 2.45) is 17.8 Å². The minimum absolute atomic E-state index is 0.0185. The van der Waals surface area contributed by atoms with E-state index in [1.54, 1.807) is 18.2 Å². The first kappa shape index (κ1) is 57.1. The quantitative estimate of drug-likeness (QED) is 0.0378. The first-order chi connectivity index (χ1) is 40.9. The molecule has 0 aliphatic heterocycles. The Labute approximate surface area is 482 Å². The number of benzene rings is 9. The number of ether oxygens (including phenoxy) is 6. The molecule has 0 N–H and O–H groups in total. The number of hydrogen-bond acceptors (Lipinski definition) is 12. The minimum atomic E-state index is -0.781. The van der Waals surface area contributed by atoms with E-state index in [1.807, 2.05) is 127 Å². The molecule has 0 spiro atoms. The van der Waals surface area contributed by atoms with Crippen LogP contribution in [-0.4, -0.2) is 57.5 Å². The Hall–Kier alpha value is -10.2. The van der Waals surface area contributed by atoms with Gasteiger partial charge in [0.1, 0.15) is 52.9 Å². The van der Waals surface area contributed by atoms with Crippen molar-refractivity contribution in [3.05, 3.63) is 198 Å². The largest absolute Gasteiger partial charge is 0.493 e. The molecule has 1 aliphatic rings. The van der Waals surface area contributed by atoms with Crippen LogP contribution in [0.15, 0.2) is 164 Å². The standard InChI is InChI=1S/C69H54F3N3O9/c70-64-37-52(10-13-55(64)40-73)43-4-7-49-34-61(19-16-46(49)28-43)79-22-1-25-82-67(76)58-31-59(68(77)83-26-2-23-80-62-20-17-47-29-44(5-8-50(47)35-62)53-11-14-56(41-74)65(71)38-53)33-60(32-58)69(78)84-27-3-24-81-63-21-18-48-30-45(6-9-51(48)36-63)54-12-15-57(42-75)66(72)39-54/h4-21,28-30,34-39,58-60H,1-3,22-27,31-33H2. The lowest BCUT2D eigenvalue weighted by Crippen LogP contribution is -2.37. The third kappa shape index (κ3) is 13.9. The Kier molecular flexibility index (Phi) is 18.1. The van der Waals surface area contributed by atoms with Gasteiger partial charge < -0.3 is 28.4 Å². The van der Waals surface area contributed by atoms with Gasteiger partial charge in [0.25, 0.3) is 0 Å². The fourth-order valence-corrected chi connectivity index (χ4v) is 10.4. The van der Waals surface area contributed by atoms with Crippen molar-refractivity contribution in [3.63, 3.8) is 0 Å². The molecule has 10 rings (SSSR count). The van der Waals surface area contributed by atoms with Gasteiger partial charge in [-0.1, -0.05) is 72.8 Å². The minimum Gasteiger partial charge on any atom is -0.493 e. The number of fused-ring (bicyclic) bond motifs is 3. The highest BCUT2D eigenvalue weighted by molar-refractivity contribution is 5.91. The zero-order chi connectivity index (χ0) is 58.5. The molecule has 84 heavy (non-hydrogen) atoms. The molecule has 12 nitrogen and oxygen atoms in total. The first-order valence-electron chi connectivity index (χ1n) is 27.5. The van der Waals surface area contributed by atoms with Crippen LogP contribution in [0.2, 0.25) is 0 Å². The van der Waals surface area contributed by atoms with Gasteiger partial charge in [-0.25, -0.2) is 13.2 Å². The van der Waals surface area contributed by atoms with Crippen LogP contribution in [-0.2, 0) is 28.6 Å². The predicted octanol–water partition coefficient (Wildman–Crippen LogP) is 14.5. The molecule has 0 bridgehead atoms. The van der Waals surface area contributed by atoms with Crippen LogP contribution in [0.25, 0.3) is 65.7 Å². The van der Waals surface area contributed by atoms with Crippen molar-refractivity contribution in [2.75, 3.05) is 39.6 Å². The van der Waals surface area contributed by atoms with E-state index in [2.05, 4.69) is 0 Å². The maximum Gasteiger partial charge on any atom is 0.308 e. The molecule has 0 saturated heterocycles. The number of nitrogens with zero attached hydrogens (tertiary/aromatic N) is 3. The highest BCUT2D eigenvalue weighted by Gasteiger charge is 2.41. The molecule has 0 atom stereocenters. The van der Waals surface area contributed by atoms with Crippen molar-refractivity contribution in [3.8, 4) is 68.8 Å². The molecule has 9 aromatic carbocycles. The van der Waals surface area contributed by atoms with Gasteiger partial charge in [0.15, 0.2) is 0 Å². The van der Waals surface area contributed by atoms with E-state index >= 15 is 0 Å². The number of hydrogen-bond donors (Lipinski definition) is 0. The zero-order valence-corrected chi connectivity index (χ0v) is 45.5. The lowest BCUT2D eigenvalue weighted by atomic mass is 9.75. The highest BCUT2D eigenvalue weighted by Crippen LogP contribution is 2.37. The smallest absolute Gasteiger partial charge is 0.308 e. The maximum atomic E-state index is 14.3. The Morgan fingerprint density at radius 2 is 0.595 bits per heavy atom. The molecule has 0 radical (unpaired) electrons. The van der Waals surface area contributed by atoms with Crippen LogP contribution in [0.5, 0.6) is 17.2 Å². The summed E-state index contributed by atoms with van der Waals surface area (Å²) in [7, 11) is 0. The summed E-state index contributed by atoms with van der Waals surface area (Å²) in [4.78, 5) is 41.0. The number of nitriles is 3. The molecule has 15 heteroatoms. The van der Waals surface area contributed by atoms with Gasteiger partial charge in [0, 0.05) is 19.3 Å². The van der Waals surface area contributed by atoms with Gasteiger partial charge in [0.2, 0.25) is 0 Å². The van der Waals surface area contributed by atoms with Gasteiger partial charge in [-0.05, 0) is 176 Å². The van der Waals surface area contributed by atoms with Crippen molar-refractivity contribution in [1.82, 2.24) is 0 Å². The molecule has 1 saturated carbocycles. The average Bonchev–Trinajstić information content (AvgIpc) is 3.67. The summed E-state index contributed by atoms with van der Waals surface area (Å²) in [5.41, 5.74) is 4.29. The van der Waals surface area contributed by atoms with E-state index in [1.165, 1.54) is 36.4 Å². The van der Waals surface area contributed by atoms with Gasteiger partial charge in [0.05, 0.1) is 74.1 Å². The van der Waals surface area contributed by atoms with Crippen molar-refractivity contribution in [2.45, 2.75) is 38.5 Å². The van der Waals surface area contributed by atoms with E-state index in [-0.39, 0.29) is 75.6 Å². The van der Waals surface area contributed by atoms with Crippen molar-refractivity contribution in [1.29, 1.82) is 15.8 Å².